The maximum absolute atomic E-state index is 13.4. The number of carbonyl (C=O) groups is 2. The average Bonchev–Trinajstić information content (AvgIpc) is 2.40. The van der Waals surface area contributed by atoms with Crippen LogP contribution < -0.4 is 0 Å². The Hall–Kier alpha value is -2.17. The molecule has 5 heteroatoms. The van der Waals surface area contributed by atoms with Gasteiger partial charge < -0.3 is 9.47 Å². The van der Waals surface area contributed by atoms with Crippen LogP contribution in [0.5, 0.6) is 0 Å². The molecule has 4 nitrogen and oxygen atoms in total. The smallest absolute Gasteiger partial charge is 0.341 e. The first-order valence-corrected chi connectivity index (χ1v) is 5.78. The van der Waals surface area contributed by atoms with Gasteiger partial charge in [-0.25, -0.2) is 9.18 Å². The van der Waals surface area contributed by atoms with Crippen LogP contribution in [0.1, 0.15) is 29.3 Å². The maximum Gasteiger partial charge on any atom is 0.341 e. The molecule has 0 heterocycles. The standard InChI is InChI=1S/C14H15FO4/c1-3-19-14(17)11-9-10(7-8-12(11)15)5-4-6-13(16)18-2/h4-5,7-9H,3,6H2,1-2H3. The van der Waals surface area contributed by atoms with Crippen molar-refractivity contribution in [1.82, 2.24) is 0 Å². The molecule has 102 valence electrons. The summed E-state index contributed by atoms with van der Waals surface area (Å²) in [5.41, 5.74) is 0.482. The highest BCUT2D eigenvalue weighted by atomic mass is 19.1. The van der Waals surface area contributed by atoms with Gasteiger partial charge in [-0.15, -0.1) is 0 Å². The van der Waals surface area contributed by atoms with Gasteiger partial charge in [0.2, 0.25) is 0 Å². The summed E-state index contributed by atoms with van der Waals surface area (Å²) in [4.78, 5) is 22.4. The Morgan fingerprint density at radius 3 is 2.74 bits per heavy atom. The van der Waals surface area contributed by atoms with Gasteiger partial charge in [0.25, 0.3) is 0 Å². The van der Waals surface area contributed by atoms with Crippen LogP contribution in [0.4, 0.5) is 4.39 Å². The second-order valence-corrected chi connectivity index (χ2v) is 3.64. The lowest BCUT2D eigenvalue weighted by Crippen LogP contribution is -2.07. The molecule has 0 atom stereocenters. The first kappa shape index (κ1) is 14.9. The molecule has 0 aliphatic heterocycles. The van der Waals surface area contributed by atoms with E-state index in [2.05, 4.69) is 4.74 Å². The van der Waals surface area contributed by atoms with Crippen molar-refractivity contribution in [3.05, 3.63) is 41.2 Å². The summed E-state index contributed by atoms with van der Waals surface area (Å²) in [6.45, 7) is 1.83. The normalized spacial score (nSPS) is 10.5. The lowest BCUT2D eigenvalue weighted by Gasteiger charge is -2.04. The lowest BCUT2D eigenvalue weighted by atomic mass is 10.1. The van der Waals surface area contributed by atoms with Crippen LogP contribution >= 0.6 is 0 Å². The minimum Gasteiger partial charge on any atom is -0.469 e. The van der Waals surface area contributed by atoms with Crippen LogP contribution in [0.25, 0.3) is 6.08 Å². The minimum atomic E-state index is -0.705. The molecule has 1 aromatic rings. The molecule has 0 radical (unpaired) electrons. The zero-order chi connectivity index (χ0) is 14.3. The Balaban J connectivity index is 2.84. The van der Waals surface area contributed by atoms with Crippen molar-refractivity contribution < 1.29 is 23.5 Å². The molecule has 0 N–H and O–H groups in total. The molecule has 0 saturated carbocycles. The average molecular weight is 266 g/mol. The Bertz CT molecular complexity index is 494. The van der Waals surface area contributed by atoms with Gasteiger partial charge in [-0.2, -0.15) is 0 Å². The van der Waals surface area contributed by atoms with Crippen LogP contribution in [-0.2, 0) is 14.3 Å². The van der Waals surface area contributed by atoms with E-state index in [0.717, 1.165) is 0 Å². The molecule has 1 aromatic carbocycles. The quantitative estimate of drug-likeness (QED) is 0.769. The number of rotatable bonds is 5. The second-order valence-electron chi connectivity index (χ2n) is 3.64. The van der Waals surface area contributed by atoms with Gasteiger partial charge in [-0.1, -0.05) is 18.2 Å². The van der Waals surface area contributed by atoms with E-state index in [4.69, 9.17) is 4.74 Å². The zero-order valence-electron chi connectivity index (χ0n) is 10.8. The van der Waals surface area contributed by atoms with Crippen LogP contribution in [0.3, 0.4) is 0 Å². The summed E-state index contributed by atoms with van der Waals surface area (Å²) in [5.74, 6) is -1.71. The molecule has 1 rings (SSSR count). The van der Waals surface area contributed by atoms with Crippen molar-refractivity contribution in [2.45, 2.75) is 13.3 Å². The number of halogens is 1. The molecule has 0 aliphatic carbocycles. The molecule has 0 unspecified atom stereocenters. The van der Waals surface area contributed by atoms with Crippen molar-refractivity contribution in [2.75, 3.05) is 13.7 Å². The van der Waals surface area contributed by atoms with E-state index in [1.807, 2.05) is 0 Å². The predicted molar refractivity (Wildman–Crippen MR) is 68.0 cm³/mol. The van der Waals surface area contributed by atoms with E-state index in [9.17, 15) is 14.0 Å². The number of methoxy groups -OCH3 is 1. The number of hydrogen-bond donors (Lipinski definition) is 0. The van der Waals surface area contributed by atoms with Crippen LogP contribution in [0.15, 0.2) is 24.3 Å². The van der Waals surface area contributed by atoms with E-state index in [-0.39, 0.29) is 24.6 Å². The highest BCUT2D eigenvalue weighted by molar-refractivity contribution is 5.90. The number of ether oxygens (including phenoxy) is 2. The number of carbonyl (C=O) groups excluding carboxylic acids is 2. The Labute approximate surface area is 110 Å². The van der Waals surface area contributed by atoms with Gasteiger partial charge in [-0.3, -0.25) is 4.79 Å². The molecular formula is C14H15FO4. The lowest BCUT2D eigenvalue weighted by molar-refractivity contribution is -0.139. The summed E-state index contributed by atoms with van der Waals surface area (Å²) in [5, 5.41) is 0. The summed E-state index contributed by atoms with van der Waals surface area (Å²) < 4.78 is 22.7. The molecule has 19 heavy (non-hydrogen) atoms. The monoisotopic (exact) mass is 266 g/mol. The third-order valence-corrected chi connectivity index (χ3v) is 2.31. The van der Waals surface area contributed by atoms with E-state index < -0.39 is 11.8 Å². The van der Waals surface area contributed by atoms with Gasteiger partial charge in [0, 0.05) is 0 Å². The van der Waals surface area contributed by atoms with E-state index in [1.54, 1.807) is 19.1 Å². The van der Waals surface area contributed by atoms with Crippen molar-refractivity contribution in [1.29, 1.82) is 0 Å². The van der Waals surface area contributed by atoms with Crippen molar-refractivity contribution >= 4 is 18.0 Å². The predicted octanol–water partition coefficient (Wildman–Crippen LogP) is 2.58. The minimum absolute atomic E-state index is 0.114. The number of benzene rings is 1. The molecular weight excluding hydrogens is 251 g/mol. The van der Waals surface area contributed by atoms with Gasteiger partial charge in [-0.05, 0) is 24.6 Å². The summed E-state index contributed by atoms with van der Waals surface area (Å²) >= 11 is 0. The summed E-state index contributed by atoms with van der Waals surface area (Å²) in [6.07, 6.45) is 3.30. The van der Waals surface area contributed by atoms with Gasteiger partial charge in [0.05, 0.1) is 25.7 Å². The van der Waals surface area contributed by atoms with Crippen molar-refractivity contribution in [3.63, 3.8) is 0 Å². The Kier molecular flexibility index (Phi) is 5.73. The van der Waals surface area contributed by atoms with E-state index in [1.165, 1.54) is 25.3 Å². The number of hydrogen-bond acceptors (Lipinski definition) is 4. The Morgan fingerprint density at radius 1 is 1.37 bits per heavy atom. The van der Waals surface area contributed by atoms with E-state index >= 15 is 0 Å². The van der Waals surface area contributed by atoms with Crippen LogP contribution in [0, 0.1) is 5.82 Å². The fourth-order valence-electron chi connectivity index (χ4n) is 1.39. The highest BCUT2D eigenvalue weighted by Crippen LogP contribution is 2.13. The van der Waals surface area contributed by atoms with Crippen molar-refractivity contribution in [3.8, 4) is 0 Å². The maximum atomic E-state index is 13.4. The Morgan fingerprint density at radius 2 is 2.11 bits per heavy atom. The first-order valence-electron chi connectivity index (χ1n) is 5.78. The molecule has 0 bridgehead atoms. The fourth-order valence-corrected chi connectivity index (χ4v) is 1.39. The van der Waals surface area contributed by atoms with Gasteiger partial charge in [0.15, 0.2) is 0 Å². The van der Waals surface area contributed by atoms with Crippen LogP contribution in [0.2, 0.25) is 0 Å². The molecule has 0 aromatic heterocycles. The third-order valence-electron chi connectivity index (χ3n) is 2.31. The summed E-state index contributed by atoms with van der Waals surface area (Å²) in [6, 6.07) is 4.07. The van der Waals surface area contributed by atoms with Gasteiger partial charge in [0.1, 0.15) is 5.82 Å². The summed E-state index contributed by atoms with van der Waals surface area (Å²) in [7, 11) is 1.30. The van der Waals surface area contributed by atoms with Gasteiger partial charge >= 0.3 is 11.9 Å². The SMILES string of the molecule is CCOC(=O)c1cc(C=CCC(=O)OC)ccc1F. The molecule has 0 fully saturated rings. The fraction of sp³-hybridized carbons (Fsp3) is 0.286. The third kappa shape index (κ3) is 4.54. The topological polar surface area (TPSA) is 52.6 Å². The molecule has 0 spiro atoms. The zero-order valence-corrected chi connectivity index (χ0v) is 10.8. The molecule has 0 amide bonds. The first-order chi connectivity index (χ1) is 9.08. The van der Waals surface area contributed by atoms with Crippen molar-refractivity contribution in [2.24, 2.45) is 0 Å². The largest absolute Gasteiger partial charge is 0.469 e. The molecule has 0 saturated heterocycles. The van der Waals surface area contributed by atoms with Crippen LogP contribution in [-0.4, -0.2) is 25.7 Å². The van der Waals surface area contributed by atoms with E-state index in [0.29, 0.717) is 5.56 Å². The number of esters is 2. The second kappa shape index (κ2) is 7.31. The molecule has 0 aliphatic rings. The highest BCUT2D eigenvalue weighted by Gasteiger charge is 2.12.